The summed E-state index contributed by atoms with van der Waals surface area (Å²) >= 11 is 5.80. The highest BCUT2D eigenvalue weighted by Gasteiger charge is 2.18. The molecule has 0 aliphatic rings. The van der Waals surface area contributed by atoms with Crippen LogP contribution in [0.25, 0.3) is 0 Å². The minimum absolute atomic E-state index is 0.0555. The Kier molecular flexibility index (Phi) is 6.16. The highest BCUT2D eigenvalue weighted by Crippen LogP contribution is 2.22. The number of sulfonamides is 2. The normalized spacial score (nSPS) is 11.7. The molecule has 10 heteroatoms. The van der Waals surface area contributed by atoms with Gasteiger partial charge >= 0.3 is 0 Å². The highest BCUT2D eigenvalue weighted by molar-refractivity contribution is 7.93. The molecule has 0 spiro atoms. The lowest BCUT2D eigenvalue weighted by Crippen LogP contribution is -2.15. The molecule has 0 atom stereocenters. The van der Waals surface area contributed by atoms with Crippen molar-refractivity contribution in [3.63, 3.8) is 0 Å². The zero-order chi connectivity index (χ0) is 21.9. The van der Waals surface area contributed by atoms with E-state index in [4.69, 9.17) is 11.6 Å². The van der Waals surface area contributed by atoms with E-state index in [1.165, 1.54) is 67.6 Å². The number of anilines is 2. The Morgan fingerprint density at radius 1 is 0.733 bits per heavy atom. The molecule has 30 heavy (non-hydrogen) atoms. The fourth-order valence-corrected chi connectivity index (χ4v) is 4.82. The van der Waals surface area contributed by atoms with Gasteiger partial charge in [0.15, 0.2) is 5.78 Å². The molecule has 0 aromatic heterocycles. The quantitative estimate of drug-likeness (QED) is 0.510. The molecule has 0 saturated carbocycles. The number of hydrogen-bond acceptors (Lipinski definition) is 5. The van der Waals surface area contributed by atoms with Crippen molar-refractivity contribution in [2.45, 2.75) is 16.7 Å². The summed E-state index contributed by atoms with van der Waals surface area (Å²) < 4.78 is 55.2. The Hall–Kier alpha value is -2.88. The average molecular weight is 465 g/mol. The van der Waals surface area contributed by atoms with Crippen LogP contribution in [0.1, 0.15) is 17.3 Å². The van der Waals surface area contributed by atoms with Crippen LogP contribution in [0.15, 0.2) is 82.6 Å². The minimum atomic E-state index is -3.97. The summed E-state index contributed by atoms with van der Waals surface area (Å²) in [5.74, 6) is -0.182. The van der Waals surface area contributed by atoms with Gasteiger partial charge < -0.3 is 0 Å². The Morgan fingerprint density at radius 3 is 1.90 bits per heavy atom. The third-order valence-corrected chi connectivity index (χ3v) is 7.09. The van der Waals surface area contributed by atoms with Gasteiger partial charge in [-0.25, -0.2) is 16.8 Å². The van der Waals surface area contributed by atoms with E-state index in [-0.39, 0.29) is 21.3 Å². The number of rotatable bonds is 7. The smallest absolute Gasteiger partial charge is 0.261 e. The Balaban J connectivity index is 1.83. The number of ketones is 1. The second-order valence-corrected chi connectivity index (χ2v) is 10.1. The fourth-order valence-electron chi connectivity index (χ4n) is 2.54. The third kappa shape index (κ3) is 5.18. The van der Waals surface area contributed by atoms with Gasteiger partial charge in [0.1, 0.15) is 0 Å². The van der Waals surface area contributed by atoms with Crippen LogP contribution in [-0.4, -0.2) is 22.6 Å². The first-order chi connectivity index (χ1) is 14.1. The predicted octanol–water partition coefficient (Wildman–Crippen LogP) is 4.14. The first kappa shape index (κ1) is 21.8. The van der Waals surface area contributed by atoms with Crippen molar-refractivity contribution in [3.05, 3.63) is 83.4 Å². The molecule has 0 amide bonds. The summed E-state index contributed by atoms with van der Waals surface area (Å²) in [5.41, 5.74) is 0.774. The number of carbonyl (C=O) groups excluding carboxylic acids is 1. The number of hydrogen-bond donors (Lipinski definition) is 2. The van der Waals surface area contributed by atoms with Gasteiger partial charge in [0.25, 0.3) is 20.0 Å². The van der Waals surface area contributed by atoms with E-state index in [0.29, 0.717) is 16.3 Å². The molecule has 3 rings (SSSR count). The van der Waals surface area contributed by atoms with Gasteiger partial charge in [-0.2, -0.15) is 0 Å². The molecule has 0 fully saturated rings. The Labute approximate surface area is 179 Å². The van der Waals surface area contributed by atoms with Crippen molar-refractivity contribution in [1.82, 2.24) is 0 Å². The molecule has 0 radical (unpaired) electrons. The van der Waals surface area contributed by atoms with Gasteiger partial charge in [-0.15, -0.1) is 0 Å². The molecular weight excluding hydrogens is 448 g/mol. The van der Waals surface area contributed by atoms with Gasteiger partial charge in [0.2, 0.25) is 0 Å². The molecule has 0 heterocycles. The van der Waals surface area contributed by atoms with Crippen molar-refractivity contribution in [1.29, 1.82) is 0 Å². The number of carbonyl (C=O) groups is 1. The lowest BCUT2D eigenvalue weighted by Gasteiger charge is -2.11. The molecule has 7 nitrogen and oxygen atoms in total. The molecule has 0 aliphatic heterocycles. The van der Waals surface area contributed by atoms with Gasteiger partial charge in [0.05, 0.1) is 15.5 Å². The van der Waals surface area contributed by atoms with E-state index < -0.39 is 20.0 Å². The van der Waals surface area contributed by atoms with E-state index in [1.54, 1.807) is 12.1 Å². The molecule has 0 bridgehead atoms. The standard InChI is InChI=1S/C20H17ClN2O5S2/c1-14(24)15-5-11-19(12-6-15)29(25,26)23-18-3-2-4-20(13-18)30(27,28)22-17-9-7-16(21)8-10-17/h2-13,22-23H,1H3. The van der Waals surface area contributed by atoms with Crippen LogP contribution in [0.5, 0.6) is 0 Å². The molecule has 0 aliphatic carbocycles. The number of Topliss-reactive ketones (excluding diaryl/α,β-unsaturated/α-hetero) is 1. The van der Waals surface area contributed by atoms with Crippen molar-refractivity contribution in [2.24, 2.45) is 0 Å². The summed E-state index contributed by atoms with van der Waals surface area (Å²) in [4.78, 5) is 11.2. The molecular formula is C20H17ClN2O5S2. The average Bonchev–Trinajstić information content (AvgIpc) is 2.69. The van der Waals surface area contributed by atoms with Crippen LogP contribution in [-0.2, 0) is 20.0 Å². The van der Waals surface area contributed by atoms with Crippen molar-refractivity contribution < 1.29 is 21.6 Å². The maximum Gasteiger partial charge on any atom is 0.261 e. The largest absolute Gasteiger partial charge is 0.295 e. The Morgan fingerprint density at radius 2 is 1.30 bits per heavy atom. The molecule has 2 N–H and O–H groups in total. The summed E-state index contributed by atoms with van der Waals surface area (Å²) in [5, 5.41) is 0.464. The zero-order valence-corrected chi connectivity index (χ0v) is 18.1. The van der Waals surface area contributed by atoms with Crippen LogP contribution in [0.3, 0.4) is 0 Å². The Bertz CT molecular complexity index is 1290. The molecule has 0 saturated heterocycles. The SMILES string of the molecule is CC(=O)c1ccc(S(=O)(=O)Nc2cccc(S(=O)(=O)Nc3ccc(Cl)cc3)c2)cc1. The fraction of sp³-hybridized carbons (Fsp3) is 0.0500. The van der Waals surface area contributed by atoms with Crippen LogP contribution >= 0.6 is 11.6 Å². The molecule has 0 unspecified atom stereocenters. The monoisotopic (exact) mass is 464 g/mol. The number of halogens is 1. The third-order valence-electron chi connectivity index (χ3n) is 4.06. The molecule has 3 aromatic rings. The van der Waals surface area contributed by atoms with Crippen LogP contribution in [0.4, 0.5) is 11.4 Å². The first-order valence-corrected chi connectivity index (χ1v) is 11.9. The van der Waals surface area contributed by atoms with Crippen molar-refractivity contribution in [2.75, 3.05) is 9.44 Å². The molecule has 156 valence electrons. The van der Waals surface area contributed by atoms with Crippen molar-refractivity contribution >= 4 is 48.8 Å². The van der Waals surface area contributed by atoms with E-state index in [9.17, 15) is 21.6 Å². The minimum Gasteiger partial charge on any atom is -0.295 e. The second-order valence-electron chi connectivity index (χ2n) is 6.33. The number of nitrogens with one attached hydrogen (secondary N) is 2. The first-order valence-electron chi connectivity index (χ1n) is 8.59. The summed E-state index contributed by atoms with van der Waals surface area (Å²) in [6.07, 6.45) is 0. The lowest BCUT2D eigenvalue weighted by molar-refractivity contribution is 0.101. The maximum atomic E-state index is 12.6. The van der Waals surface area contributed by atoms with E-state index in [2.05, 4.69) is 9.44 Å². The van der Waals surface area contributed by atoms with Gasteiger partial charge in [-0.1, -0.05) is 29.8 Å². The lowest BCUT2D eigenvalue weighted by atomic mass is 10.2. The van der Waals surface area contributed by atoms with E-state index in [1.807, 2.05) is 0 Å². The van der Waals surface area contributed by atoms with Gasteiger partial charge in [0, 0.05) is 16.3 Å². The molecule has 3 aromatic carbocycles. The second kappa shape index (κ2) is 8.47. The van der Waals surface area contributed by atoms with E-state index >= 15 is 0 Å². The summed E-state index contributed by atoms with van der Waals surface area (Å²) in [7, 11) is -7.92. The van der Waals surface area contributed by atoms with E-state index in [0.717, 1.165) is 0 Å². The van der Waals surface area contributed by atoms with Gasteiger partial charge in [-0.3, -0.25) is 14.2 Å². The maximum absolute atomic E-state index is 12.6. The highest BCUT2D eigenvalue weighted by atomic mass is 35.5. The number of benzene rings is 3. The summed E-state index contributed by atoms with van der Waals surface area (Å²) in [6.45, 7) is 1.38. The van der Waals surface area contributed by atoms with Crippen LogP contribution in [0.2, 0.25) is 5.02 Å². The predicted molar refractivity (Wildman–Crippen MR) is 116 cm³/mol. The van der Waals surface area contributed by atoms with Crippen LogP contribution in [0, 0.1) is 0 Å². The summed E-state index contributed by atoms with van der Waals surface area (Å²) in [6, 6.07) is 17.0. The zero-order valence-electron chi connectivity index (χ0n) is 15.7. The van der Waals surface area contributed by atoms with Gasteiger partial charge in [-0.05, 0) is 61.5 Å². The van der Waals surface area contributed by atoms with Crippen molar-refractivity contribution in [3.8, 4) is 0 Å². The topological polar surface area (TPSA) is 109 Å². The van der Waals surface area contributed by atoms with Crippen LogP contribution < -0.4 is 9.44 Å².